The first-order valence-electron chi connectivity index (χ1n) is 9.87. The fourth-order valence-corrected chi connectivity index (χ4v) is 3.61. The maximum absolute atomic E-state index is 13.7. The average molecular weight is 370 g/mol. The molecule has 2 rings (SSSR count). The Labute approximate surface area is 163 Å². The van der Waals surface area contributed by atoms with E-state index in [-0.39, 0.29) is 5.82 Å². The zero-order chi connectivity index (χ0) is 19.8. The Hall–Kier alpha value is -2.36. The molecule has 0 amide bonds. The monoisotopic (exact) mass is 369 g/mol. The van der Waals surface area contributed by atoms with Gasteiger partial charge < -0.3 is 9.80 Å². The molecule has 1 unspecified atom stereocenters. The van der Waals surface area contributed by atoms with Crippen LogP contribution in [0.4, 0.5) is 10.1 Å². The van der Waals surface area contributed by atoms with E-state index in [1.54, 1.807) is 12.3 Å². The largest absolute Gasteiger partial charge is 0.368 e. The van der Waals surface area contributed by atoms with E-state index < -0.39 is 0 Å². The number of hydrogen-bond donors (Lipinski definition) is 0. The van der Waals surface area contributed by atoms with E-state index in [0.717, 1.165) is 42.3 Å². The molecular weight excluding hydrogens is 337 g/mol. The van der Waals surface area contributed by atoms with Gasteiger partial charge >= 0.3 is 0 Å². The zero-order valence-electron chi connectivity index (χ0n) is 16.9. The Morgan fingerprint density at radius 1 is 1.30 bits per heavy atom. The third-order valence-corrected chi connectivity index (χ3v) is 5.16. The van der Waals surface area contributed by atoms with Crippen molar-refractivity contribution in [2.24, 2.45) is 10.9 Å². The van der Waals surface area contributed by atoms with Crippen molar-refractivity contribution in [3.63, 3.8) is 0 Å². The molecule has 0 saturated carbocycles. The highest BCUT2D eigenvalue weighted by atomic mass is 19.1. The SMILES string of the molecule is C=Cc1cc(F)ccc1N1CCN(CC(CC)CCC)C(=C)/C1=C\N=CC. The molecule has 1 aromatic carbocycles. The van der Waals surface area contributed by atoms with Crippen molar-refractivity contribution >= 4 is 18.0 Å². The smallest absolute Gasteiger partial charge is 0.123 e. The van der Waals surface area contributed by atoms with Crippen LogP contribution in [-0.4, -0.2) is 30.7 Å². The number of aliphatic imine (C=N–C) groups is 1. The lowest BCUT2D eigenvalue weighted by atomic mass is 9.99. The van der Waals surface area contributed by atoms with Gasteiger partial charge in [0.25, 0.3) is 0 Å². The van der Waals surface area contributed by atoms with Crippen LogP contribution < -0.4 is 4.90 Å². The number of hydrogen-bond acceptors (Lipinski definition) is 3. The lowest BCUT2D eigenvalue weighted by molar-refractivity contribution is 0.266. The third kappa shape index (κ3) is 5.09. The number of halogens is 1. The number of nitrogens with zero attached hydrogens (tertiary/aromatic N) is 3. The molecular formula is C23H32FN3. The summed E-state index contributed by atoms with van der Waals surface area (Å²) in [4.78, 5) is 8.89. The minimum Gasteiger partial charge on any atom is -0.368 e. The summed E-state index contributed by atoms with van der Waals surface area (Å²) in [6.07, 6.45) is 8.92. The van der Waals surface area contributed by atoms with Crippen LogP contribution in [-0.2, 0) is 0 Å². The van der Waals surface area contributed by atoms with Gasteiger partial charge in [-0.2, -0.15) is 0 Å². The number of anilines is 1. The fraction of sp³-hybridized carbons (Fsp3) is 0.435. The molecule has 1 heterocycles. The Balaban J connectivity index is 2.34. The summed E-state index contributed by atoms with van der Waals surface area (Å²) in [5.41, 5.74) is 3.64. The molecule has 1 fully saturated rings. The number of rotatable bonds is 8. The summed E-state index contributed by atoms with van der Waals surface area (Å²) in [5.74, 6) is 0.414. The van der Waals surface area contributed by atoms with Crippen molar-refractivity contribution in [3.8, 4) is 0 Å². The van der Waals surface area contributed by atoms with Gasteiger partial charge in [-0.15, -0.1) is 0 Å². The van der Waals surface area contributed by atoms with Crippen LogP contribution in [0.25, 0.3) is 6.08 Å². The van der Waals surface area contributed by atoms with Crippen LogP contribution in [0.1, 0.15) is 45.6 Å². The van der Waals surface area contributed by atoms with Crippen LogP contribution in [0.3, 0.4) is 0 Å². The normalized spacial score (nSPS) is 17.8. The predicted octanol–water partition coefficient (Wildman–Crippen LogP) is 5.86. The van der Waals surface area contributed by atoms with E-state index in [2.05, 4.69) is 41.8 Å². The molecule has 0 aromatic heterocycles. The van der Waals surface area contributed by atoms with E-state index in [0.29, 0.717) is 5.92 Å². The van der Waals surface area contributed by atoms with Gasteiger partial charge in [0.15, 0.2) is 0 Å². The van der Waals surface area contributed by atoms with Crippen molar-refractivity contribution in [1.82, 2.24) is 4.90 Å². The highest BCUT2D eigenvalue weighted by Gasteiger charge is 2.27. The van der Waals surface area contributed by atoms with Crippen molar-refractivity contribution < 1.29 is 4.39 Å². The van der Waals surface area contributed by atoms with Crippen LogP contribution in [0, 0.1) is 11.7 Å². The summed E-state index contributed by atoms with van der Waals surface area (Å²) in [6.45, 7) is 17.3. The maximum atomic E-state index is 13.7. The highest BCUT2D eigenvalue weighted by Crippen LogP contribution is 2.33. The molecule has 0 radical (unpaired) electrons. The van der Waals surface area contributed by atoms with Gasteiger partial charge in [0.05, 0.1) is 17.6 Å². The first kappa shape index (κ1) is 20.9. The third-order valence-electron chi connectivity index (χ3n) is 5.16. The van der Waals surface area contributed by atoms with Crippen LogP contribution >= 0.6 is 0 Å². The molecule has 1 atom stereocenters. The fourth-order valence-electron chi connectivity index (χ4n) is 3.61. The van der Waals surface area contributed by atoms with Crippen molar-refractivity contribution in [3.05, 3.63) is 60.3 Å². The van der Waals surface area contributed by atoms with Gasteiger partial charge in [-0.25, -0.2) is 4.39 Å². The zero-order valence-corrected chi connectivity index (χ0v) is 16.9. The Morgan fingerprint density at radius 3 is 2.70 bits per heavy atom. The van der Waals surface area contributed by atoms with E-state index in [1.165, 1.54) is 31.4 Å². The van der Waals surface area contributed by atoms with E-state index in [4.69, 9.17) is 0 Å². The standard InChI is InChI=1S/C23H32FN3/c1-6-10-19(7-2)17-26-13-14-27(23(18(26)5)16-25-9-4)22-12-11-21(24)15-20(22)8-3/h8-9,11-12,15-16,19H,3,5-7,10,13-14,17H2,1-2,4H3/b23-16+,25-9?. The van der Waals surface area contributed by atoms with Crippen molar-refractivity contribution in [2.75, 3.05) is 24.5 Å². The topological polar surface area (TPSA) is 18.8 Å². The summed E-state index contributed by atoms with van der Waals surface area (Å²) in [6, 6.07) is 4.82. The van der Waals surface area contributed by atoms with Gasteiger partial charge in [-0.1, -0.05) is 45.9 Å². The molecule has 1 aliphatic rings. The highest BCUT2D eigenvalue weighted by molar-refractivity contribution is 5.71. The molecule has 0 spiro atoms. The summed E-state index contributed by atoms with van der Waals surface area (Å²) < 4.78 is 13.7. The first-order valence-corrected chi connectivity index (χ1v) is 9.87. The van der Waals surface area contributed by atoms with E-state index in [9.17, 15) is 4.39 Å². The molecule has 1 aromatic rings. The molecule has 1 saturated heterocycles. The Kier molecular flexibility index (Phi) is 7.83. The van der Waals surface area contributed by atoms with Gasteiger partial charge in [-0.3, -0.25) is 4.99 Å². The Bertz CT molecular complexity index is 720. The summed E-state index contributed by atoms with van der Waals surface area (Å²) in [7, 11) is 0. The van der Waals surface area contributed by atoms with Crippen LogP contribution in [0.5, 0.6) is 0 Å². The van der Waals surface area contributed by atoms with Gasteiger partial charge in [0.2, 0.25) is 0 Å². The molecule has 0 bridgehead atoms. The summed E-state index contributed by atoms with van der Waals surface area (Å²) in [5, 5.41) is 0. The predicted molar refractivity (Wildman–Crippen MR) is 115 cm³/mol. The van der Waals surface area contributed by atoms with Crippen molar-refractivity contribution in [1.29, 1.82) is 0 Å². The molecule has 1 aliphatic heterocycles. The number of piperazine rings is 1. The molecule has 0 aliphatic carbocycles. The second kappa shape index (κ2) is 10.1. The van der Waals surface area contributed by atoms with Gasteiger partial charge in [0.1, 0.15) is 5.82 Å². The van der Waals surface area contributed by atoms with Crippen LogP contribution in [0.2, 0.25) is 0 Å². The average Bonchev–Trinajstić information content (AvgIpc) is 2.68. The number of benzene rings is 1. The van der Waals surface area contributed by atoms with Gasteiger partial charge in [0, 0.05) is 37.1 Å². The minimum absolute atomic E-state index is 0.256. The quantitative estimate of drug-likeness (QED) is 0.534. The van der Waals surface area contributed by atoms with Crippen LogP contribution in [0.15, 0.2) is 53.9 Å². The lowest BCUT2D eigenvalue weighted by Gasteiger charge is -2.42. The molecule has 3 nitrogen and oxygen atoms in total. The van der Waals surface area contributed by atoms with E-state index >= 15 is 0 Å². The molecule has 146 valence electrons. The second-order valence-electron chi connectivity index (χ2n) is 6.94. The minimum atomic E-state index is -0.256. The van der Waals surface area contributed by atoms with Crippen molar-refractivity contribution in [2.45, 2.75) is 40.0 Å². The summed E-state index contributed by atoms with van der Waals surface area (Å²) >= 11 is 0. The molecule has 27 heavy (non-hydrogen) atoms. The first-order chi connectivity index (χ1) is 13.0. The molecule has 0 N–H and O–H groups in total. The lowest BCUT2D eigenvalue weighted by Crippen LogP contribution is -2.44. The second-order valence-corrected chi connectivity index (χ2v) is 6.94. The van der Waals surface area contributed by atoms with E-state index in [1.807, 2.05) is 19.2 Å². The Morgan fingerprint density at radius 2 is 2.07 bits per heavy atom. The maximum Gasteiger partial charge on any atom is 0.123 e. The van der Waals surface area contributed by atoms with Gasteiger partial charge in [-0.05, 0) is 37.5 Å². The molecule has 4 heteroatoms.